The first-order chi connectivity index (χ1) is 14.4. The lowest BCUT2D eigenvalue weighted by Crippen LogP contribution is -2.34. The van der Waals surface area contributed by atoms with Crippen LogP contribution in [0.2, 0.25) is 0 Å². The number of fused-ring (bicyclic) bond motifs is 1. The van der Waals surface area contributed by atoms with Crippen LogP contribution in [-0.4, -0.2) is 46.3 Å². The number of carbonyl (C=O) groups is 2. The minimum absolute atomic E-state index is 0.118. The van der Waals surface area contributed by atoms with Crippen molar-refractivity contribution in [1.29, 1.82) is 0 Å². The van der Waals surface area contributed by atoms with E-state index in [1.165, 1.54) is 4.90 Å². The number of nitrogens with one attached hydrogen (secondary N) is 3. The number of benzene rings is 2. The summed E-state index contributed by atoms with van der Waals surface area (Å²) in [5, 5.41) is 8.80. The second-order valence-corrected chi connectivity index (χ2v) is 6.88. The minimum Gasteiger partial charge on any atom is -0.493 e. The molecule has 2 aromatic carbocycles. The topological polar surface area (TPSA) is 91.9 Å². The van der Waals surface area contributed by atoms with Gasteiger partial charge in [-0.25, -0.2) is 4.79 Å². The number of urea groups is 1. The van der Waals surface area contributed by atoms with Crippen LogP contribution in [0.15, 0.2) is 42.5 Å². The van der Waals surface area contributed by atoms with E-state index in [0.717, 1.165) is 16.9 Å². The number of hydrogen-bond donors (Lipinski definition) is 3. The van der Waals surface area contributed by atoms with Crippen LogP contribution in [0.1, 0.15) is 12.5 Å². The van der Waals surface area contributed by atoms with E-state index in [1.54, 1.807) is 40.4 Å². The SMILES string of the molecule is CNC(=O)N(C)c1ccc(NC(C)C=C2C(=O)Nc3cc(OC)c(OC)cc32)cc1. The Hall–Kier alpha value is -3.68. The lowest BCUT2D eigenvalue weighted by Gasteiger charge is -2.18. The molecule has 0 aromatic heterocycles. The zero-order chi connectivity index (χ0) is 21.8. The molecule has 0 saturated heterocycles. The van der Waals surface area contributed by atoms with E-state index in [4.69, 9.17) is 9.47 Å². The second-order valence-electron chi connectivity index (χ2n) is 6.88. The van der Waals surface area contributed by atoms with Crippen LogP contribution in [0, 0.1) is 0 Å². The van der Waals surface area contributed by atoms with Crippen molar-refractivity contribution >= 4 is 34.6 Å². The summed E-state index contributed by atoms with van der Waals surface area (Å²) >= 11 is 0. The van der Waals surface area contributed by atoms with Gasteiger partial charge in [0.2, 0.25) is 0 Å². The van der Waals surface area contributed by atoms with Crippen molar-refractivity contribution < 1.29 is 19.1 Å². The fourth-order valence-electron chi connectivity index (χ4n) is 3.30. The lowest BCUT2D eigenvalue weighted by molar-refractivity contribution is -0.110. The van der Waals surface area contributed by atoms with Crippen LogP contribution in [0.25, 0.3) is 5.57 Å². The van der Waals surface area contributed by atoms with Gasteiger partial charge in [-0.2, -0.15) is 0 Å². The van der Waals surface area contributed by atoms with Crippen molar-refractivity contribution in [3.8, 4) is 11.5 Å². The molecule has 1 aliphatic rings. The van der Waals surface area contributed by atoms with Crippen LogP contribution in [0.3, 0.4) is 0 Å². The summed E-state index contributed by atoms with van der Waals surface area (Å²) in [6.45, 7) is 1.96. The second kappa shape index (κ2) is 8.77. The molecule has 0 spiro atoms. The molecule has 3 rings (SSSR count). The monoisotopic (exact) mass is 410 g/mol. The van der Waals surface area contributed by atoms with Gasteiger partial charge in [-0.05, 0) is 43.3 Å². The number of nitrogens with zero attached hydrogens (tertiary/aromatic N) is 1. The molecule has 1 heterocycles. The number of ether oxygens (including phenoxy) is 2. The summed E-state index contributed by atoms with van der Waals surface area (Å²) in [6, 6.07) is 10.7. The molecule has 3 N–H and O–H groups in total. The molecule has 2 aromatic rings. The molecule has 1 unspecified atom stereocenters. The van der Waals surface area contributed by atoms with E-state index >= 15 is 0 Å². The molecule has 0 fully saturated rings. The Balaban J connectivity index is 1.78. The van der Waals surface area contributed by atoms with Crippen molar-refractivity contribution in [3.63, 3.8) is 0 Å². The van der Waals surface area contributed by atoms with Gasteiger partial charge in [-0.15, -0.1) is 0 Å². The minimum atomic E-state index is -0.188. The van der Waals surface area contributed by atoms with Crippen LogP contribution < -0.4 is 30.3 Å². The van der Waals surface area contributed by atoms with Crippen molar-refractivity contribution in [2.75, 3.05) is 43.8 Å². The number of amides is 3. The van der Waals surface area contributed by atoms with E-state index < -0.39 is 0 Å². The summed E-state index contributed by atoms with van der Waals surface area (Å²) in [5.41, 5.74) is 3.68. The van der Waals surface area contributed by atoms with E-state index in [9.17, 15) is 9.59 Å². The summed E-state index contributed by atoms with van der Waals surface area (Å²) in [7, 11) is 6.41. The van der Waals surface area contributed by atoms with Crippen LogP contribution in [-0.2, 0) is 4.79 Å². The number of rotatable bonds is 6. The predicted molar refractivity (Wildman–Crippen MR) is 119 cm³/mol. The molecular weight excluding hydrogens is 384 g/mol. The van der Waals surface area contributed by atoms with Crippen molar-refractivity contribution in [3.05, 3.63) is 48.0 Å². The molecule has 158 valence electrons. The molecule has 0 bridgehead atoms. The molecule has 8 heteroatoms. The van der Waals surface area contributed by atoms with E-state index in [1.807, 2.05) is 37.3 Å². The third kappa shape index (κ3) is 4.17. The van der Waals surface area contributed by atoms with Gasteiger partial charge >= 0.3 is 6.03 Å². The van der Waals surface area contributed by atoms with Gasteiger partial charge in [-0.3, -0.25) is 9.69 Å². The zero-order valence-corrected chi connectivity index (χ0v) is 17.7. The first-order valence-electron chi connectivity index (χ1n) is 9.49. The molecular formula is C22H26N4O4. The maximum atomic E-state index is 12.5. The Morgan fingerprint density at radius 2 is 1.77 bits per heavy atom. The summed E-state index contributed by atoms with van der Waals surface area (Å²) < 4.78 is 10.7. The fourth-order valence-corrected chi connectivity index (χ4v) is 3.30. The van der Waals surface area contributed by atoms with Gasteiger partial charge in [0.1, 0.15) is 0 Å². The lowest BCUT2D eigenvalue weighted by atomic mass is 10.0. The van der Waals surface area contributed by atoms with Crippen LogP contribution in [0.5, 0.6) is 11.5 Å². The third-order valence-electron chi connectivity index (χ3n) is 4.89. The fraction of sp³-hybridized carbons (Fsp3) is 0.273. The predicted octanol–water partition coefficient (Wildman–Crippen LogP) is 3.32. The summed E-state index contributed by atoms with van der Waals surface area (Å²) in [4.78, 5) is 25.7. The number of anilines is 3. The first-order valence-corrected chi connectivity index (χ1v) is 9.49. The molecule has 0 aliphatic carbocycles. The van der Waals surface area contributed by atoms with Gasteiger partial charge < -0.3 is 25.4 Å². The van der Waals surface area contributed by atoms with E-state index in [0.29, 0.717) is 22.8 Å². The molecule has 1 atom stereocenters. The average Bonchev–Trinajstić information content (AvgIpc) is 3.05. The average molecular weight is 410 g/mol. The van der Waals surface area contributed by atoms with Gasteiger partial charge in [0.25, 0.3) is 5.91 Å². The Kier molecular flexibility index (Phi) is 6.15. The number of carbonyl (C=O) groups excluding carboxylic acids is 2. The molecule has 0 radical (unpaired) electrons. The number of hydrogen-bond acceptors (Lipinski definition) is 5. The van der Waals surface area contributed by atoms with Crippen LogP contribution >= 0.6 is 0 Å². The maximum Gasteiger partial charge on any atom is 0.321 e. The summed E-state index contributed by atoms with van der Waals surface area (Å²) in [5.74, 6) is 0.956. The normalized spacial score (nSPS) is 14.6. The molecule has 1 aliphatic heterocycles. The highest BCUT2D eigenvalue weighted by Gasteiger charge is 2.27. The Morgan fingerprint density at radius 3 is 2.37 bits per heavy atom. The Bertz CT molecular complexity index is 985. The quantitative estimate of drug-likeness (QED) is 0.636. The van der Waals surface area contributed by atoms with Crippen molar-refractivity contribution in [2.45, 2.75) is 13.0 Å². The van der Waals surface area contributed by atoms with Gasteiger partial charge in [0.05, 0.1) is 19.9 Å². The molecule has 3 amide bonds. The molecule has 30 heavy (non-hydrogen) atoms. The Morgan fingerprint density at radius 1 is 1.13 bits per heavy atom. The van der Waals surface area contributed by atoms with Gasteiger partial charge in [0.15, 0.2) is 11.5 Å². The zero-order valence-electron chi connectivity index (χ0n) is 17.7. The van der Waals surface area contributed by atoms with Crippen molar-refractivity contribution in [2.24, 2.45) is 0 Å². The molecule has 0 saturated carbocycles. The highest BCUT2D eigenvalue weighted by molar-refractivity contribution is 6.31. The highest BCUT2D eigenvalue weighted by atomic mass is 16.5. The van der Waals surface area contributed by atoms with Gasteiger partial charge in [-0.1, -0.05) is 0 Å². The maximum absolute atomic E-state index is 12.5. The highest BCUT2D eigenvalue weighted by Crippen LogP contribution is 2.40. The summed E-state index contributed by atoms with van der Waals surface area (Å²) in [6.07, 6.45) is 1.87. The smallest absolute Gasteiger partial charge is 0.321 e. The Labute approximate surface area is 175 Å². The third-order valence-corrected chi connectivity index (χ3v) is 4.89. The number of methoxy groups -OCH3 is 2. The van der Waals surface area contributed by atoms with E-state index in [-0.39, 0.29) is 18.0 Å². The largest absolute Gasteiger partial charge is 0.493 e. The first kappa shape index (κ1) is 21.0. The van der Waals surface area contributed by atoms with Gasteiger partial charge in [0, 0.05) is 48.7 Å². The van der Waals surface area contributed by atoms with E-state index in [2.05, 4.69) is 16.0 Å². The molecule has 8 nitrogen and oxygen atoms in total. The standard InChI is InChI=1S/C22H26N4O4/c1-13(24-14-6-8-15(9-7-14)26(3)22(28)23-2)10-17-16-11-19(29-4)20(30-5)12-18(16)25-21(17)27/h6-13,24H,1-5H3,(H,23,28)(H,25,27). The van der Waals surface area contributed by atoms with Crippen LogP contribution in [0.4, 0.5) is 21.9 Å². The van der Waals surface area contributed by atoms with Crippen molar-refractivity contribution in [1.82, 2.24) is 5.32 Å².